The van der Waals surface area contributed by atoms with Crippen LogP contribution < -0.4 is 10.6 Å². The third-order valence-electron chi connectivity index (χ3n) is 4.23. The number of hydrogen-bond donors (Lipinski definition) is 2. The molecule has 1 aliphatic rings. The van der Waals surface area contributed by atoms with Gasteiger partial charge in [0.2, 0.25) is 0 Å². The minimum absolute atomic E-state index is 0.0189. The lowest BCUT2D eigenvalue weighted by molar-refractivity contribution is 0.0868. The van der Waals surface area contributed by atoms with Crippen molar-refractivity contribution >= 4 is 11.7 Å². The molecular weight excluding hydrogens is 320 g/mol. The Hall–Kier alpha value is -2.41. The van der Waals surface area contributed by atoms with Crippen molar-refractivity contribution in [2.24, 2.45) is 0 Å². The molecule has 3 rings (SSSR count). The highest BCUT2D eigenvalue weighted by Crippen LogP contribution is 2.22. The average molecular weight is 344 g/mol. The van der Waals surface area contributed by atoms with Gasteiger partial charge in [-0.2, -0.15) is 4.98 Å². The number of rotatable bonds is 5. The Morgan fingerprint density at radius 3 is 2.60 bits per heavy atom. The lowest BCUT2D eigenvalue weighted by Crippen LogP contribution is -2.42. The molecule has 2 atom stereocenters. The van der Waals surface area contributed by atoms with Crippen LogP contribution in [0.5, 0.6) is 0 Å². The van der Waals surface area contributed by atoms with Gasteiger partial charge in [0.25, 0.3) is 5.89 Å². The lowest BCUT2D eigenvalue weighted by atomic mass is 10.1. The summed E-state index contributed by atoms with van der Waals surface area (Å²) in [6.07, 6.45) is 2.13. The predicted octanol–water partition coefficient (Wildman–Crippen LogP) is 3.55. The zero-order valence-corrected chi connectivity index (χ0v) is 14.8. The van der Waals surface area contributed by atoms with E-state index in [2.05, 4.69) is 20.8 Å². The summed E-state index contributed by atoms with van der Waals surface area (Å²) in [5.74, 6) is 1.37. The van der Waals surface area contributed by atoms with Crippen molar-refractivity contribution in [2.75, 3.05) is 11.9 Å². The van der Waals surface area contributed by atoms with E-state index in [1.807, 2.05) is 45.0 Å². The first-order valence-electron chi connectivity index (χ1n) is 8.66. The van der Waals surface area contributed by atoms with Crippen LogP contribution in [-0.4, -0.2) is 34.9 Å². The van der Waals surface area contributed by atoms with E-state index in [1.165, 1.54) is 0 Å². The van der Waals surface area contributed by atoms with Crippen LogP contribution in [0.15, 0.2) is 28.8 Å². The molecule has 1 fully saturated rings. The van der Waals surface area contributed by atoms with E-state index in [1.54, 1.807) is 0 Å². The van der Waals surface area contributed by atoms with Gasteiger partial charge in [0.1, 0.15) is 0 Å². The number of carbonyl (C=O) groups is 1. The highest BCUT2D eigenvalue weighted by atomic mass is 16.5. The van der Waals surface area contributed by atoms with Gasteiger partial charge >= 0.3 is 6.03 Å². The number of benzene rings is 1. The molecule has 2 N–H and O–H groups in total. The zero-order valence-electron chi connectivity index (χ0n) is 14.8. The van der Waals surface area contributed by atoms with Crippen LogP contribution in [0.4, 0.5) is 10.5 Å². The molecule has 2 aromatic rings. The molecule has 0 unspecified atom stereocenters. The second kappa shape index (κ2) is 7.65. The van der Waals surface area contributed by atoms with Gasteiger partial charge in [-0.3, -0.25) is 0 Å². The van der Waals surface area contributed by atoms with Crippen molar-refractivity contribution in [3.8, 4) is 11.5 Å². The number of ether oxygens (including phenoxy) is 1. The average Bonchev–Trinajstić information content (AvgIpc) is 3.27. The third kappa shape index (κ3) is 4.36. The van der Waals surface area contributed by atoms with E-state index in [0.717, 1.165) is 25.0 Å². The fourth-order valence-corrected chi connectivity index (χ4v) is 2.75. The Morgan fingerprint density at radius 2 is 2.00 bits per heavy atom. The van der Waals surface area contributed by atoms with Crippen LogP contribution in [0.2, 0.25) is 0 Å². The van der Waals surface area contributed by atoms with Gasteiger partial charge in [-0.1, -0.05) is 19.0 Å². The standard InChI is InChI=1S/C18H24N4O3/c1-11(2)16-21-17(25-22-16)13-6-8-14(9-7-13)20-18(23)19-12(3)15-5-4-10-24-15/h6-9,11-12,15H,4-5,10H2,1-3H3,(H2,19,20,23)/t12-,15+/m0/s1. The quantitative estimate of drug-likeness (QED) is 0.866. The van der Waals surface area contributed by atoms with E-state index in [4.69, 9.17) is 9.26 Å². The number of aromatic nitrogens is 2. The first kappa shape index (κ1) is 17.4. The largest absolute Gasteiger partial charge is 0.376 e. The summed E-state index contributed by atoms with van der Waals surface area (Å²) in [4.78, 5) is 16.5. The molecule has 0 spiro atoms. The lowest BCUT2D eigenvalue weighted by Gasteiger charge is -2.20. The zero-order chi connectivity index (χ0) is 17.8. The van der Waals surface area contributed by atoms with Gasteiger partial charge in [0, 0.05) is 23.8 Å². The summed E-state index contributed by atoms with van der Waals surface area (Å²) < 4.78 is 10.9. The molecule has 0 saturated carbocycles. The number of nitrogens with one attached hydrogen (secondary N) is 2. The maximum Gasteiger partial charge on any atom is 0.319 e. The summed E-state index contributed by atoms with van der Waals surface area (Å²) in [5.41, 5.74) is 1.52. The van der Waals surface area contributed by atoms with Gasteiger partial charge in [-0.15, -0.1) is 0 Å². The SMILES string of the molecule is CC(C)c1noc(-c2ccc(NC(=O)N[C@@H](C)[C@H]3CCCO3)cc2)n1. The van der Waals surface area contributed by atoms with E-state index in [0.29, 0.717) is 17.4 Å². The number of anilines is 1. The fraction of sp³-hybridized carbons (Fsp3) is 0.500. The van der Waals surface area contributed by atoms with Crippen molar-refractivity contribution in [3.63, 3.8) is 0 Å². The normalized spacial score (nSPS) is 18.3. The van der Waals surface area contributed by atoms with E-state index < -0.39 is 0 Å². The van der Waals surface area contributed by atoms with Gasteiger partial charge < -0.3 is 19.9 Å². The monoisotopic (exact) mass is 344 g/mol. The minimum Gasteiger partial charge on any atom is -0.376 e. The Kier molecular flexibility index (Phi) is 5.33. The van der Waals surface area contributed by atoms with Crippen LogP contribution in [0, 0.1) is 0 Å². The van der Waals surface area contributed by atoms with Crippen LogP contribution in [0.1, 0.15) is 45.4 Å². The van der Waals surface area contributed by atoms with Crippen LogP contribution in [0.3, 0.4) is 0 Å². The first-order valence-corrected chi connectivity index (χ1v) is 8.66. The summed E-state index contributed by atoms with van der Waals surface area (Å²) in [7, 11) is 0. The molecule has 0 radical (unpaired) electrons. The number of nitrogens with zero attached hydrogens (tertiary/aromatic N) is 2. The number of carbonyl (C=O) groups excluding carboxylic acids is 1. The van der Waals surface area contributed by atoms with Gasteiger partial charge in [-0.25, -0.2) is 4.79 Å². The summed E-state index contributed by atoms with van der Waals surface area (Å²) in [6.45, 7) is 6.75. The van der Waals surface area contributed by atoms with Crippen LogP contribution in [0.25, 0.3) is 11.5 Å². The molecule has 0 aliphatic carbocycles. The molecule has 1 aromatic carbocycles. The molecule has 2 amide bonds. The Morgan fingerprint density at radius 1 is 1.24 bits per heavy atom. The molecule has 0 bridgehead atoms. The first-order chi connectivity index (χ1) is 12.0. The van der Waals surface area contributed by atoms with Crippen molar-refractivity contribution in [3.05, 3.63) is 30.1 Å². The van der Waals surface area contributed by atoms with Gasteiger partial charge in [0.15, 0.2) is 5.82 Å². The van der Waals surface area contributed by atoms with Crippen molar-refractivity contribution in [1.29, 1.82) is 0 Å². The Labute approximate surface area is 147 Å². The molecule has 1 aromatic heterocycles. The van der Waals surface area contributed by atoms with Crippen LogP contribution >= 0.6 is 0 Å². The maximum atomic E-state index is 12.1. The highest BCUT2D eigenvalue weighted by molar-refractivity contribution is 5.89. The fourth-order valence-electron chi connectivity index (χ4n) is 2.75. The Bertz CT molecular complexity index is 705. The molecule has 7 nitrogen and oxygen atoms in total. The molecule has 7 heteroatoms. The van der Waals surface area contributed by atoms with Crippen molar-refractivity contribution in [2.45, 2.75) is 51.7 Å². The number of hydrogen-bond acceptors (Lipinski definition) is 5. The summed E-state index contributed by atoms with van der Waals surface area (Å²) in [5, 5.41) is 9.70. The second-order valence-electron chi connectivity index (χ2n) is 6.63. The molecule has 25 heavy (non-hydrogen) atoms. The van der Waals surface area contributed by atoms with E-state index in [-0.39, 0.29) is 24.1 Å². The van der Waals surface area contributed by atoms with E-state index in [9.17, 15) is 4.79 Å². The van der Waals surface area contributed by atoms with E-state index >= 15 is 0 Å². The predicted molar refractivity (Wildman–Crippen MR) is 94.4 cm³/mol. The maximum absolute atomic E-state index is 12.1. The highest BCUT2D eigenvalue weighted by Gasteiger charge is 2.23. The van der Waals surface area contributed by atoms with Crippen molar-refractivity contribution < 1.29 is 14.1 Å². The number of urea groups is 1. The summed E-state index contributed by atoms with van der Waals surface area (Å²) >= 11 is 0. The molecule has 1 aliphatic heterocycles. The second-order valence-corrected chi connectivity index (χ2v) is 6.63. The molecule has 1 saturated heterocycles. The smallest absolute Gasteiger partial charge is 0.319 e. The topological polar surface area (TPSA) is 89.3 Å². The molecule has 2 heterocycles. The number of amides is 2. The minimum atomic E-state index is -0.240. The van der Waals surface area contributed by atoms with Gasteiger partial charge in [-0.05, 0) is 44.0 Å². The third-order valence-corrected chi connectivity index (χ3v) is 4.23. The van der Waals surface area contributed by atoms with Crippen LogP contribution in [-0.2, 0) is 4.74 Å². The van der Waals surface area contributed by atoms with Crippen molar-refractivity contribution in [1.82, 2.24) is 15.5 Å². The Balaban J connectivity index is 1.57. The van der Waals surface area contributed by atoms with Gasteiger partial charge in [0.05, 0.1) is 12.1 Å². The molecular formula is C18H24N4O3. The molecule has 134 valence electrons. The summed E-state index contributed by atoms with van der Waals surface area (Å²) in [6, 6.07) is 7.05.